The Hall–Kier alpha value is -4.50. The number of esters is 1. The summed E-state index contributed by atoms with van der Waals surface area (Å²) in [6.07, 6.45) is -0.334. The highest BCUT2D eigenvalue weighted by Gasteiger charge is 2.40. The second kappa shape index (κ2) is 10.6. The molecule has 0 aromatic heterocycles. The van der Waals surface area contributed by atoms with Gasteiger partial charge in [0.15, 0.2) is 0 Å². The lowest BCUT2D eigenvalue weighted by atomic mass is 10.1. The van der Waals surface area contributed by atoms with Crippen molar-refractivity contribution < 1.29 is 28.3 Å². The van der Waals surface area contributed by atoms with Crippen molar-refractivity contribution >= 4 is 52.4 Å². The molecule has 3 aromatic rings. The summed E-state index contributed by atoms with van der Waals surface area (Å²) >= 11 is 6.12. The fourth-order valence-corrected chi connectivity index (χ4v) is 3.80. The quantitative estimate of drug-likeness (QED) is 0.332. The van der Waals surface area contributed by atoms with Crippen LogP contribution >= 0.6 is 11.6 Å². The third kappa shape index (κ3) is 5.36. The number of anilines is 3. The first-order chi connectivity index (χ1) is 17.7. The van der Waals surface area contributed by atoms with Gasteiger partial charge in [0.05, 0.1) is 23.0 Å². The smallest absolute Gasteiger partial charge is 0.340 e. The van der Waals surface area contributed by atoms with E-state index in [1.54, 1.807) is 44.2 Å². The molecule has 10 heteroatoms. The molecule has 1 aliphatic heterocycles. The van der Waals surface area contributed by atoms with Crippen LogP contribution in [0.1, 0.15) is 34.6 Å². The highest BCUT2D eigenvalue weighted by molar-refractivity contribution is 6.53. The van der Waals surface area contributed by atoms with Crippen molar-refractivity contribution in [2.24, 2.45) is 0 Å². The van der Waals surface area contributed by atoms with Gasteiger partial charge in [0.25, 0.3) is 17.7 Å². The van der Waals surface area contributed by atoms with E-state index in [1.807, 2.05) is 0 Å². The summed E-state index contributed by atoms with van der Waals surface area (Å²) in [5, 5.41) is 5.03. The van der Waals surface area contributed by atoms with Crippen molar-refractivity contribution in [1.29, 1.82) is 0 Å². The Morgan fingerprint density at radius 3 is 2.38 bits per heavy atom. The zero-order valence-corrected chi connectivity index (χ0v) is 20.5. The molecule has 0 atom stereocenters. The minimum atomic E-state index is -0.877. The summed E-state index contributed by atoms with van der Waals surface area (Å²) < 4.78 is 19.5. The molecule has 0 unspecified atom stereocenters. The van der Waals surface area contributed by atoms with Crippen LogP contribution < -0.4 is 15.5 Å². The number of para-hydroxylation sites is 2. The number of rotatable bonds is 7. The lowest BCUT2D eigenvalue weighted by molar-refractivity contribution is -0.120. The van der Waals surface area contributed by atoms with Crippen molar-refractivity contribution in [3.63, 3.8) is 0 Å². The Bertz CT molecular complexity index is 1450. The zero-order chi connectivity index (χ0) is 26.7. The van der Waals surface area contributed by atoms with Crippen molar-refractivity contribution in [2.75, 3.05) is 15.5 Å². The first-order valence-corrected chi connectivity index (χ1v) is 11.6. The maximum atomic E-state index is 14.2. The average molecular weight is 522 g/mol. The molecular weight excluding hydrogens is 501 g/mol. The van der Waals surface area contributed by atoms with Crippen LogP contribution in [0.15, 0.2) is 83.5 Å². The van der Waals surface area contributed by atoms with Gasteiger partial charge < -0.3 is 15.4 Å². The predicted molar refractivity (Wildman–Crippen MR) is 137 cm³/mol. The number of carbonyl (C=O) groups excluding carboxylic acids is 4. The molecule has 0 fully saturated rings. The Kier molecular flexibility index (Phi) is 7.35. The van der Waals surface area contributed by atoms with E-state index in [2.05, 4.69) is 10.6 Å². The summed E-state index contributed by atoms with van der Waals surface area (Å²) in [6, 6.07) is 17.8. The van der Waals surface area contributed by atoms with Gasteiger partial charge in [-0.1, -0.05) is 41.9 Å². The van der Waals surface area contributed by atoms with E-state index in [0.29, 0.717) is 4.90 Å². The van der Waals surface area contributed by atoms with Crippen LogP contribution in [-0.4, -0.2) is 29.8 Å². The van der Waals surface area contributed by atoms with Gasteiger partial charge in [-0.3, -0.25) is 14.4 Å². The third-order valence-corrected chi connectivity index (χ3v) is 5.60. The standard InChI is InChI=1S/C27H21ClFN3O5/c1-15(2)37-27(36)18-10-3-5-12-20(18)31-24(33)16-8-7-9-17(14-16)30-23-22(28)25(34)32(26(23)35)21-13-6-4-11-19(21)29/h3-15,30H,1-2H3,(H,31,33). The molecule has 0 saturated heterocycles. The predicted octanol–water partition coefficient (Wildman–Crippen LogP) is 5.08. The maximum absolute atomic E-state index is 14.2. The van der Waals surface area contributed by atoms with Crippen LogP contribution in [0.2, 0.25) is 0 Å². The van der Waals surface area contributed by atoms with Crippen LogP contribution in [-0.2, 0) is 14.3 Å². The Balaban J connectivity index is 1.54. The van der Waals surface area contributed by atoms with Crippen LogP contribution in [0.5, 0.6) is 0 Å². The first-order valence-electron chi connectivity index (χ1n) is 11.2. The molecule has 0 saturated carbocycles. The van der Waals surface area contributed by atoms with Gasteiger partial charge in [0.2, 0.25) is 0 Å². The molecule has 0 spiro atoms. The van der Waals surface area contributed by atoms with Gasteiger partial charge >= 0.3 is 5.97 Å². The van der Waals surface area contributed by atoms with E-state index in [-0.39, 0.29) is 40.0 Å². The fourth-order valence-electron chi connectivity index (χ4n) is 3.59. The Labute approximate surface area is 216 Å². The number of ether oxygens (including phenoxy) is 1. The molecule has 37 heavy (non-hydrogen) atoms. The molecule has 1 aliphatic rings. The van der Waals surface area contributed by atoms with Crippen LogP contribution in [0.3, 0.4) is 0 Å². The monoisotopic (exact) mass is 521 g/mol. The molecule has 2 N–H and O–H groups in total. The molecule has 188 valence electrons. The summed E-state index contributed by atoms with van der Waals surface area (Å²) in [5.41, 5.74) is 0.448. The normalized spacial score (nSPS) is 13.3. The number of benzene rings is 3. The first kappa shape index (κ1) is 25.6. The molecule has 0 bridgehead atoms. The summed E-state index contributed by atoms with van der Waals surface area (Å²) in [7, 11) is 0. The van der Waals surface area contributed by atoms with Crippen LogP contribution in [0, 0.1) is 5.82 Å². The van der Waals surface area contributed by atoms with E-state index in [0.717, 1.165) is 6.07 Å². The molecule has 4 rings (SSSR count). The van der Waals surface area contributed by atoms with E-state index in [9.17, 15) is 23.6 Å². The third-order valence-electron chi connectivity index (χ3n) is 5.25. The number of nitrogens with one attached hydrogen (secondary N) is 2. The van der Waals surface area contributed by atoms with Crippen molar-refractivity contribution in [3.05, 3.63) is 100 Å². The average Bonchev–Trinajstić information content (AvgIpc) is 3.07. The second-order valence-electron chi connectivity index (χ2n) is 8.25. The van der Waals surface area contributed by atoms with Crippen molar-refractivity contribution in [2.45, 2.75) is 20.0 Å². The topological polar surface area (TPSA) is 105 Å². The van der Waals surface area contributed by atoms with Gasteiger partial charge in [-0.15, -0.1) is 0 Å². The van der Waals surface area contributed by atoms with Gasteiger partial charge in [0.1, 0.15) is 16.5 Å². The number of hydrogen-bond acceptors (Lipinski definition) is 6. The van der Waals surface area contributed by atoms with E-state index >= 15 is 0 Å². The molecular formula is C27H21ClFN3O5. The molecule has 3 amide bonds. The van der Waals surface area contributed by atoms with Gasteiger partial charge in [-0.05, 0) is 56.3 Å². The van der Waals surface area contributed by atoms with Crippen molar-refractivity contribution in [1.82, 2.24) is 0 Å². The van der Waals surface area contributed by atoms with E-state index in [1.165, 1.54) is 36.4 Å². The number of nitrogens with zero attached hydrogens (tertiary/aromatic N) is 1. The lowest BCUT2D eigenvalue weighted by Crippen LogP contribution is -2.33. The highest BCUT2D eigenvalue weighted by Crippen LogP contribution is 2.31. The van der Waals surface area contributed by atoms with Crippen LogP contribution in [0.25, 0.3) is 0 Å². The minimum Gasteiger partial charge on any atom is -0.459 e. The summed E-state index contributed by atoms with van der Waals surface area (Å²) in [6.45, 7) is 3.44. The lowest BCUT2D eigenvalue weighted by Gasteiger charge is -2.16. The van der Waals surface area contributed by atoms with Gasteiger partial charge in [0, 0.05) is 11.3 Å². The van der Waals surface area contributed by atoms with Gasteiger partial charge in [-0.25, -0.2) is 14.1 Å². The molecule has 0 radical (unpaired) electrons. The SMILES string of the molecule is CC(C)OC(=O)c1ccccc1NC(=O)c1cccc(NC2=C(Cl)C(=O)N(c3ccccc3F)C2=O)c1. The van der Waals surface area contributed by atoms with E-state index < -0.39 is 34.5 Å². The Morgan fingerprint density at radius 1 is 0.946 bits per heavy atom. The number of imide groups is 1. The summed E-state index contributed by atoms with van der Waals surface area (Å²) in [5.74, 6) is -3.58. The summed E-state index contributed by atoms with van der Waals surface area (Å²) in [4.78, 5) is 51.5. The number of halogens is 2. The molecule has 1 heterocycles. The fraction of sp³-hybridized carbons (Fsp3) is 0.111. The minimum absolute atomic E-state index is 0.191. The van der Waals surface area contributed by atoms with Crippen molar-refractivity contribution in [3.8, 4) is 0 Å². The molecule has 0 aliphatic carbocycles. The Morgan fingerprint density at radius 2 is 1.65 bits per heavy atom. The second-order valence-corrected chi connectivity index (χ2v) is 8.62. The van der Waals surface area contributed by atoms with Crippen LogP contribution in [0.4, 0.5) is 21.5 Å². The highest BCUT2D eigenvalue weighted by atomic mass is 35.5. The number of hydrogen-bond donors (Lipinski definition) is 2. The number of amides is 3. The molecule has 3 aromatic carbocycles. The number of carbonyl (C=O) groups is 4. The van der Waals surface area contributed by atoms with E-state index in [4.69, 9.17) is 16.3 Å². The zero-order valence-electron chi connectivity index (χ0n) is 19.7. The molecule has 8 nitrogen and oxygen atoms in total. The van der Waals surface area contributed by atoms with Gasteiger partial charge in [-0.2, -0.15) is 0 Å². The maximum Gasteiger partial charge on any atom is 0.340 e. The largest absolute Gasteiger partial charge is 0.459 e.